The molecule has 142 valence electrons. The van der Waals surface area contributed by atoms with Crippen molar-refractivity contribution in [1.82, 2.24) is 20.6 Å². The van der Waals surface area contributed by atoms with Gasteiger partial charge in [0, 0.05) is 5.56 Å². The van der Waals surface area contributed by atoms with Crippen molar-refractivity contribution < 1.29 is 9.53 Å². The molecular formula is C23H18N4O2. The number of H-pyrrole nitrogens is 1. The zero-order valence-corrected chi connectivity index (χ0v) is 15.5. The molecule has 0 saturated carbocycles. The van der Waals surface area contributed by atoms with Crippen LogP contribution in [0.4, 0.5) is 0 Å². The van der Waals surface area contributed by atoms with Gasteiger partial charge in [-0.2, -0.15) is 0 Å². The Morgan fingerprint density at radius 1 is 0.897 bits per heavy atom. The standard InChI is InChI=1S/C23H18N4O2/c28-21-18-8-4-5-9-20(18)29-22(16-6-2-1-3-7-16)19(21)14-15-10-12-17(13-11-15)23-24-26-27-25-23/h1-13,19,22H,14H2,(H,24,25,26,27). The van der Waals surface area contributed by atoms with Crippen molar-refractivity contribution in [3.63, 3.8) is 0 Å². The average molecular weight is 382 g/mol. The van der Waals surface area contributed by atoms with Crippen LogP contribution in [0.2, 0.25) is 0 Å². The summed E-state index contributed by atoms with van der Waals surface area (Å²) in [5, 5.41) is 13.9. The third-order valence-electron chi connectivity index (χ3n) is 5.27. The fourth-order valence-electron chi connectivity index (χ4n) is 3.81. The summed E-state index contributed by atoms with van der Waals surface area (Å²) in [6.45, 7) is 0. The minimum Gasteiger partial charge on any atom is -0.484 e. The van der Waals surface area contributed by atoms with Crippen molar-refractivity contribution in [1.29, 1.82) is 0 Å². The second kappa shape index (κ2) is 7.31. The summed E-state index contributed by atoms with van der Waals surface area (Å²) in [6.07, 6.45) is 0.263. The Kier molecular flexibility index (Phi) is 4.37. The molecule has 4 aromatic rings. The number of aromatic amines is 1. The molecule has 6 nitrogen and oxygen atoms in total. The first-order chi connectivity index (χ1) is 14.3. The number of para-hydroxylation sites is 1. The minimum atomic E-state index is -0.322. The van der Waals surface area contributed by atoms with Crippen LogP contribution < -0.4 is 4.74 Å². The molecule has 3 aromatic carbocycles. The Labute approximate surface area is 167 Å². The number of fused-ring (bicyclic) bond motifs is 1. The van der Waals surface area contributed by atoms with Crippen LogP contribution in [0.25, 0.3) is 11.4 Å². The van der Waals surface area contributed by atoms with Crippen molar-refractivity contribution in [2.24, 2.45) is 5.92 Å². The molecule has 1 aliphatic heterocycles. The van der Waals surface area contributed by atoms with E-state index in [4.69, 9.17) is 4.74 Å². The number of aromatic nitrogens is 4. The predicted octanol–water partition coefficient (Wildman–Crippen LogP) is 4.04. The zero-order chi connectivity index (χ0) is 19.6. The highest BCUT2D eigenvalue weighted by atomic mass is 16.5. The number of Topliss-reactive ketones (excluding diaryl/α,β-unsaturated/α-hetero) is 1. The normalized spacial score (nSPS) is 18.1. The van der Waals surface area contributed by atoms with Gasteiger partial charge in [0.15, 0.2) is 11.6 Å². The van der Waals surface area contributed by atoms with Crippen LogP contribution in [0.15, 0.2) is 78.9 Å². The van der Waals surface area contributed by atoms with Gasteiger partial charge in [-0.05, 0) is 40.1 Å². The van der Waals surface area contributed by atoms with Gasteiger partial charge in [-0.1, -0.05) is 66.7 Å². The first kappa shape index (κ1) is 17.3. The van der Waals surface area contributed by atoms with Gasteiger partial charge in [0.25, 0.3) is 0 Å². The van der Waals surface area contributed by atoms with Gasteiger partial charge in [0.2, 0.25) is 0 Å². The summed E-state index contributed by atoms with van der Waals surface area (Å²) >= 11 is 0. The van der Waals surface area contributed by atoms with Crippen molar-refractivity contribution in [3.8, 4) is 17.1 Å². The maximum Gasteiger partial charge on any atom is 0.179 e. The number of ketones is 1. The van der Waals surface area contributed by atoms with Gasteiger partial charge in [-0.15, -0.1) is 5.10 Å². The van der Waals surface area contributed by atoms with Crippen LogP contribution in [0.3, 0.4) is 0 Å². The highest BCUT2D eigenvalue weighted by Crippen LogP contribution is 2.40. The molecule has 0 saturated heterocycles. The van der Waals surface area contributed by atoms with E-state index in [0.29, 0.717) is 23.6 Å². The second-order valence-corrected chi connectivity index (χ2v) is 7.07. The highest BCUT2D eigenvalue weighted by molar-refractivity contribution is 6.01. The molecule has 1 aliphatic rings. The Morgan fingerprint density at radius 2 is 1.66 bits per heavy atom. The van der Waals surface area contributed by atoms with E-state index in [-0.39, 0.29) is 17.8 Å². The van der Waals surface area contributed by atoms with Crippen LogP contribution in [-0.2, 0) is 6.42 Å². The lowest BCUT2D eigenvalue weighted by molar-refractivity contribution is 0.0655. The molecular weight excluding hydrogens is 364 g/mol. The van der Waals surface area contributed by atoms with E-state index < -0.39 is 0 Å². The largest absolute Gasteiger partial charge is 0.484 e. The molecule has 2 unspecified atom stereocenters. The summed E-state index contributed by atoms with van der Waals surface area (Å²) in [7, 11) is 0. The van der Waals surface area contributed by atoms with Gasteiger partial charge in [0.05, 0.1) is 11.5 Å². The first-order valence-corrected chi connectivity index (χ1v) is 9.47. The molecule has 1 aromatic heterocycles. The molecule has 0 aliphatic carbocycles. The van der Waals surface area contributed by atoms with E-state index in [1.165, 1.54) is 0 Å². The summed E-state index contributed by atoms with van der Waals surface area (Å²) in [4.78, 5) is 13.3. The van der Waals surface area contributed by atoms with E-state index in [1.54, 1.807) is 0 Å². The Balaban J connectivity index is 1.48. The number of carbonyl (C=O) groups excluding carboxylic acids is 1. The van der Waals surface area contributed by atoms with Crippen molar-refractivity contribution in [2.45, 2.75) is 12.5 Å². The van der Waals surface area contributed by atoms with Crippen LogP contribution >= 0.6 is 0 Å². The lowest BCUT2D eigenvalue weighted by atomic mass is 9.81. The molecule has 0 radical (unpaired) electrons. The van der Waals surface area contributed by atoms with Crippen LogP contribution in [0.5, 0.6) is 5.75 Å². The van der Waals surface area contributed by atoms with Gasteiger partial charge in [-0.3, -0.25) is 4.79 Å². The van der Waals surface area contributed by atoms with Crippen LogP contribution in [0.1, 0.15) is 27.6 Å². The number of ether oxygens (including phenoxy) is 1. The summed E-state index contributed by atoms with van der Waals surface area (Å²) in [5.74, 6) is 1.08. The van der Waals surface area contributed by atoms with Gasteiger partial charge in [0.1, 0.15) is 11.9 Å². The van der Waals surface area contributed by atoms with E-state index >= 15 is 0 Å². The maximum atomic E-state index is 13.3. The van der Waals surface area contributed by atoms with E-state index in [0.717, 1.165) is 16.7 Å². The molecule has 6 heteroatoms. The lowest BCUT2D eigenvalue weighted by Crippen LogP contribution is -2.33. The molecule has 0 fully saturated rings. The van der Waals surface area contributed by atoms with Crippen LogP contribution in [0, 0.1) is 5.92 Å². The quantitative estimate of drug-likeness (QED) is 0.576. The third-order valence-corrected chi connectivity index (χ3v) is 5.27. The molecule has 0 spiro atoms. The second-order valence-electron chi connectivity index (χ2n) is 7.07. The summed E-state index contributed by atoms with van der Waals surface area (Å²) in [6, 6.07) is 25.3. The Hall–Kier alpha value is -3.80. The fourth-order valence-corrected chi connectivity index (χ4v) is 3.81. The number of carbonyl (C=O) groups is 1. The van der Waals surface area contributed by atoms with Gasteiger partial charge >= 0.3 is 0 Å². The maximum absolute atomic E-state index is 13.3. The van der Waals surface area contributed by atoms with Crippen molar-refractivity contribution in [2.75, 3.05) is 0 Å². The minimum absolute atomic E-state index is 0.115. The number of nitrogens with one attached hydrogen (secondary N) is 1. The number of tetrazole rings is 1. The highest BCUT2D eigenvalue weighted by Gasteiger charge is 2.37. The molecule has 0 amide bonds. The molecule has 29 heavy (non-hydrogen) atoms. The molecule has 5 rings (SSSR count). The fraction of sp³-hybridized carbons (Fsp3) is 0.130. The smallest absolute Gasteiger partial charge is 0.179 e. The number of hydrogen-bond acceptors (Lipinski definition) is 5. The predicted molar refractivity (Wildman–Crippen MR) is 107 cm³/mol. The van der Waals surface area contributed by atoms with Crippen molar-refractivity contribution in [3.05, 3.63) is 95.6 Å². The zero-order valence-electron chi connectivity index (χ0n) is 15.5. The lowest BCUT2D eigenvalue weighted by Gasteiger charge is -2.33. The molecule has 2 atom stereocenters. The topological polar surface area (TPSA) is 80.8 Å². The third kappa shape index (κ3) is 3.29. The molecule has 2 heterocycles. The average Bonchev–Trinajstić information content (AvgIpc) is 3.32. The SMILES string of the molecule is O=C1c2ccccc2OC(c2ccccc2)C1Cc1ccc(-c2nnn[nH]2)cc1. The number of hydrogen-bond donors (Lipinski definition) is 1. The number of rotatable bonds is 4. The van der Waals surface area contributed by atoms with Crippen LogP contribution in [-0.4, -0.2) is 26.4 Å². The Morgan fingerprint density at radius 3 is 2.41 bits per heavy atom. The number of benzene rings is 3. The van der Waals surface area contributed by atoms with Gasteiger partial charge < -0.3 is 4.74 Å². The molecule has 1 N–H and O–H groups in total. The number of nitrogens with zero attached hydrogens (tertiary/aromatic N) is 3. The first-order valence-electron chi connectivity index (χ1n) is 9.47. The van der Waals surface area contributed by atoms with E-state index in [1.807, 2.05) is 78.9 Å². The van der Waals surface area contributed by atoms with E-state index in [2.05, 4.69) is 20.6 Å². The summed E-state index contributed by atoms with van der Waals surface area (Å²) < 4.78 is 6.30. The van der Waals surface area contributed by atoms with Gasteiger partial charge in [-0.25, -0.2) is 5.10 Å². The van der Waals surface area contributed by atoms with Crippen molar-refractivity contribution >= 4 is 5.78 Å². The monoisotopic (exact) mass is 382 g/mol. The Bertz CT molecular complexity index is 1130. The molecule has 0 bridgehead atoms. The van der Waals surface area contributed by atoms with E-state index in [9.17, 15) is 4.79 Å². The summed E-state index contributed by atoms with van der Waals surface area (Å²) in [5.41, 5.74) is 3.61.